The number of hydrogen-bond donors (Lipinski definition) is 2. The number of piperidine rings is 1. The monoisotopic (exact) mass is 602 g/mol. The molecule has 7 rings (SSSR count). The first kappa shape index (κ1) is 30.9. The molecule has 2 N–H and O–H groups in total. The van der Waals surface area contributed by atoms with Gasteiger partial charge in [0.15, 0.2) is 0 Å². The van der Waals surface area contributed by atoms with Crippen LogP contribution in [0, 0.1) is 34.0 Å². The zero-order valence-electron chi connectivity index (χ0n) is 28.0. The van der Waals surface area contributed by atoms with Crippen molar-refractivity contribution < 1.29 is 14.6 Å². The highest BCUT2D eigenvalue weighted by molar-refractivity contribution is 5.76. The number of hydrogen-bond acceptors (Lipinski definition) is 4. The number of benzene rings is 1. The predicted molar refractivity (Wildman–Crippen MR) is 176 cm³/mol. The van der Waals surface area contributed by atoms with Crippen molar-refractivity contribution in [2.75, 3.05) is 19.6 Å². The third kappa shape index (κ3) is 5.12. The summed E-state index contributed by atoms with van der Waals surface area (Å²) in [6, 6.07) is 10.8. The van der Waals surface area contributed by atoms with Crippen LogP contribution in [0.1, 0.15) is 110 Å². The first-order valence-electron chi connectivity index (χ1n) is 18.2. The average molecular weight is 603 g/mol. The van der Waals surface area contributed by atoms with E-state index in [1.807, 2.05) is 18.2 Å². The number of allylic oxidation sites excluding steroid dienone is 1. The van der Waals surface area contributed by atoms with E-state index in [0.29, 0.717) is 29.9 Å². The van der Waals surface area contributed by atoms with Crippen LogP contribution in [-0.2, 0) is 16.0 Å². The Morgan fingerprint density at radius 3 is 2.75 bits per heavy atom. The Morgan fingerprint density at radius 2 is 1.93 bits per heavy atom. The molecule has 5 nitrogen and oxygen atoms in total. The van der Waals surface area contributed by atoms with E-state index in [2.05, 4.69) is 56.1 Å². The van der Waals surface area contributed by atoms with Crippen LogP contribution in [0.4, 0.5) is 0 Å². The molecule has 1 spiro atoms. The molecule has 0 aromatic heterocycles. The number of nitrogens with one attached hydrogen (secondary N) is 1. The number of carbonyl (C=O) groups excluding carboxylic acids is 1. The average Bonchev–Trinajstić information content (AvgIpc) is 3.47. The van der Waals surface area contributed by atoms with E-state index in [1.54, 1.807) is 5.57 Å². The molecule has 2 saturated heterocycles. The molecule has 4 aliphatic carbocycles. The fourth-order valence-corrected chi connectivity index (χ4v) is 11.5. The summed E-state index contributed by atoms with van der Waals surface area (Å²) in [6.07, 6.45) is 17.0. The second-order valence-corrected chi connectivity index (χ2v) is 16.7. The van der Waals surface area contributed by atoms with E-state index in [-0.39, 0.29) is 28.4 Å². The van der Waals surface area contributed by atoms with Gasteiger partial charge in [-0.2, -0.15) is 0 Å². The lowest BCUT2D eigenvalue weighted by atomic mass is 9.54. The maximum atomic E-state index is 12.7. The number of fused-ring (bicyclic) bond motifs is 4. The van der Waals surface area contributed by atoms with Gasteiger partial charge >= 0.3 is 0 Å². The highest BCUT2D eigenvalue weighted by Crippen LogP contribution is 2.82. The number of amides is 1. The fourth-order valence-electron chi connectivity index (χ4n) is 11.5. The molecule has 5 heteroatoms. The van der Waals surface area contributed by atoms with Crippen molar-refractivity contribution in [1.29, 1.82) is 0 Å². The topological polar surface area (TPSA) is 61.8 Å². The van der Waals surface area contributed by atoms with Crippen LogP contribution >= 0.6 is 0 Å². The summed E-state index contributed by atoms with van der Waals surface area (Å²) in [5, 5.41) is 13.7. The van der Waals surface area contributed by atoms with Gasteiger partial charge in [0.05, 0.1) is 17.8 Å². The summed E-state index contributed by atoms with van der Waals surface area (Å²) in [7, 11) is 0. The van der Waals surface area contributed by atoms with Gasteiger partial charge in [0, 0.05) is 37.5 Å². The first-order chi connectivity index (χ1) is 21.1. The van der Waals surface area contributed by atoms with Gasteiger partial charge in [-0.1, -0.05) is 69.7 Å². The van der Waals surface area contributed by atoms with E-state index in [9.17, 15) is 9.90 Å². The van der Waals surface area contributed by atoms with Crippen molar-refractivity contribution in [2.45, 2.75) is 135 Å². The highest BCUT2D eigenvalue weighted by atomic mass is 16.5. The molecule has 2 aliphatic heterocycles. The molecule has 1 aromatic carbocycles. The van der Waals surface area contributed by atoms with Gasteiger partial charge in [-0.3, -0.25) is 9.69 Å². The van der Waals surface area contributed by atoms with Crippen molar-refractivity contribution in [3.05, 3.63) is 47.5 Å². The number of carbonyl (C=O) groups is 1. The number of nitrogens with zero attached hydrogens (tertiary/aromatic N) is 1. The molecule has 242 valence electrons. The Balaban J connectivity index is 1.02. The number of aryl methyl sites for hydroxylation is 1. The molecule has 3 saturated carbocycles. The lowest BCUT2D eigenvalue weighted by molar-refractivity contribution is -0.140. The normalized spacial score (nSPS) is 44.8. The van der Waals surface area contributed by atoms with Crippen LogP contribution in [0.25, 0.3) is 0 Å². The Morgan fingerprint density at radius 1 is 1.11 bits per heavy atom. The molecule has 6 aliphatic rings. The fraction of sp³-hybridized carbons (Fsp3) is 0.769. The third-order valence-corrected chi connectivity index (χ3v) is 14.4. The van der Waals surface area contributed by atoms with Gasteiger partial charge in [0.1, 0.15) is 0 Å². The largest absolute Gasteiger partial charge is 0.393 e. The van der Waals surface area contributed by atoms with E-state index in [0.717, 1.165) is 63.6 Å². The summed E-state index contributed by atoms with van der Waals surface area (Å²) >= 11 is 0. The van der Waals surface area contributed by atoms with Crippen LogP contribution in [0.3, 0.4) is 0 Å². The van der Waals surface area contributed by atoms with Crippen LogP contribution in [0.15, 0.2) is 42.0 Å². The summed E-state index contributed by atoms with van der Waals surface area (Å²) in [5.74, 6) is 2.25. The summed E-state index contributed by atoms with van der Waals surface area (Å²) < 4.78 is 7.40. The van der Waals surface area contributed by atoms with Crippen molar-refractivity contribution in [3.63, 3.8) is 0 Å². The number of aliphatic hydroxyl groups excluding tert-OH is 1. The van der Waals surface area contributed by atoms with Crippen molar-refractivity contribution in [2.24, 2.45) is 34.0 Å². The molecule has 0 bridgehead atoms. The zero-order chi connectivity index (χ0) is 30.7. The molecule has 2 heterocycles. The smallest absolute Gasteiger partial charge is 0.220 e. The third-order valence-electron chi connectivity index (χ3n) is 14.4. The summed E-state index contributed by atoms with van der Waals surface area (Å²) in [4.78, 5) is 15.4. The van der Waals surface area contributed by atoms with Gasteiger partial charge in [0.25, 0.3) is 0 Å². The minimum Gasteiger partial charge on any atom is -0.393 e. The minimum absolute atomic E-state index is 0.00686. The molecule has 1 amide bonds. The molecular formula is C39H58N2O3. The van der Waals surface area contributed by atoms with Gasteiger partial charge in [-0.25, -0.2) is 0 Å². The summed E-state index contributed by atoms with van der Waals surface area (Å²) in [6.45, 7) is 12.8. The van der Waals surface area contributed by atoms with Crippen LogP contribution in [0.2, 0.25) is 0 Å². The second-order valence-electron chi connectivity index (χ2n) is 16.7. The molecule has 10 unspecified atom stereocenters. The highest BCUT2D eigenvalue weighted by Gasteiger charge is 2.79. The molecule has 1 aromatic rings. The molecular weight excluding hydrogens is 544 g/mol. The Kier molecular flexibility index (Phi) is 8.10. The maximum Gasteiger partial charge on any atom is 0.220 e. The van der Waals surface area contributed by atoms with Crippen molar-refractivity contribution >= 4 is 5.91 Å². The quantitative estimate of drug-likeness (QED) is 0.312. The maximum absolute atomic E-state index is 12.7. The predicted octanol–water partition coefficient (Wildman–Crippen LogP) is 7.08. The van der Waals surface area contributed by atoms with Crippen LogP contribution in [-0.4, -0.2) is 59.4 Å². The Hall–Kier alpha value is -1.69. The lowest BCUT2D eigenvalue weighted by Gasteiger charge is -2.52. The summed E-state index contributed by atoms with van der Waals surface area (Å²) in [5.41, 5.74) is 3.68. The number of likely N-dealkylation sites (tertiary alicyclic amines) is 1. The van der Waals surface area contributed by atoms with E-state index >= 15 is 0 Å². The van der Waals surface area contributed by atoms with E-state index in [1.165, 1.54) is 50.5 Å². The first-order valence-corrected chi connectivity index (χ1v) is 18.2. The van der Waals surface area contributed by atoms with Crippen molar-refractivity contribution in [3.8, 4) is 0 Å². The zero-order valence-corrected chi connectivity index (χ0v) is 28.0. The van der Waals surface area contributed by atoms with Crippen LogP contribution < -0.4 is 5.32 Å². The number of ether oxygens (including phenoxy) is 1. The van der Waals surface area contributed by atoms with E-state index < -0.39 is 0 Å². The Bertz CT molecular complexity index is 1250. The van der Waals surface area contributed by atoms with Crippen LogP contribution in [0.5, 0.6) is 0 Å². The Labute approximate surface area is 266 Å². The molecule has 5 fully saturated rings. The lowest BCUT2D eigenvalue weighted by Crippen LogP contribution is -2.51. The standard InChI is InChI=1S/C39H58N2O3/c1-27-21-34-33(41(25-27)20-19-40-35(43)14-13-29-9-6-5-7-10-29)24-39(44-34)18-15-28(2)38(26-37(38,39)4)23-31-12-8-11-30-22-32(42)16-17-36(30,31)3/h5-7,9-11,27-28,31-34,42H,8,12-26H2,1-4H3,(H,40,43). The van der Waals surface area contributed by atoms with Gasteiger partial charge < -0.3 is 15.2 Å². The van der Waals surface area contributed by atoms with E-state index in [4.69, 9.17) is 4.74 Å². The SMILES string of the molecule is CC1CC2OC3(CCC(C)C4(CC5CCC=C6CC(O)CCC65C)CC34C)CC2N(CCNC(=O)CCc2ccccc2)C1. The molecule has 44 heavy (non-hydrogen) atoms. The number of aliphatic hydroxyl groups is 1. The second kappa shape index (κ2) is 11.5. The number of rotatable bonds is 8. The molecule has 0 radical (unpaired) electrons. The van der Waals surface area contributed by atoms with Gasteiger partial charge in [-0.15, -0.1) is 0 Å². The molecule has 10 atom stereocenters. The minimum atomic E-state index is -0.141. The van der Waals surface area contributed by atoms with Gasteiger partial charge in [-0.05, 0) is 111 Å². The van der Waals surface area contributed by atoms with Gasteiger partial charge in [0.2, 0.25) is 5.91 Å². The van der Waals surface area contributed by atoms with Crippen molar-refractivity contribution in [1.82, 2.24) is 10.2 Å².